The highest BCUT2D eigenvalue weighted by atomic mass is 19.2. The van der Waals surface area contributed by atoms with Gasteiger partial charge in [0, 0.05) is 33.4 Å². The van der Waals surface area contributed by atoms with Crippen LogP contribution >= 0.6 is 0 Å². The van der Waals surface area contributed by atoms with E-state index in [9.17, 15) is 105 Å². The predicted octanol–water partition coefficient (Wildman–Crippen LogP) is 12.2. The molecule has 0 radical (unpaired) electrons. The third kappa shape index (κ3) is 9.09. The summed E-state index contributed by atoms with van der Waals surface area (Å²) in [5.41, 5.74) is -7.68. The van der Waals surface area contributed by atoms with Gasteiger partial charge in [0.15, 0.2) is 140 Å². The van der Waals surface area contributed by atoms with Crippen LogP contribution in [0, 0.1) is 140 Å². The fraction of sp³-hybridized carbons (Fsp3) is 0. The Balaban J connectivity index is 0.000000242. The second-order valence-electron chi connectivity index (χ2n) is 11.1. The Labute approximate surface area is 323 Å². The lowest BCUT2D eigenvalue weighted by molar-refractivity contribution is 0.404. The minimum absolute atomic E-state index is 0. The summed E-state index contributed by atoms with van der Waals surface area (Å²) in [6.07, 6.45) is 0. The Bertz CT molecular complexity index is 2240. The van der Waals surface area contributed by atoms with Crippen molar-refractivity contribution in [3.8, 4) is 33.4 Å². The van der Waals surface area contributed by atoms with Crippen molar-refractivity contribution in [2.45, 2.75) is 0 Å². The van der Waals surface area contributed by atoms with E-state index in [-0.39, 0.29) is 44.8 Å². The molecule has 0 heterocycles. The average molecular weight is 908 g/mol. The van der Waals surface area contributed by atoms with Gasteiger partial charge in [-0.2, -0.15) is 0 Å². The molecule has 61 heavy (non-hydrogen) atoms. The summed E-state index contributed by atoms with van der Waals surface area (Å²) in [6.45, 7) is 0. The van der Waals surface area contributed by atoms with Crippen LogP contribution in [0.4, 0.5) is 105 Å². The number of rotatable bonds is 3. The molecule has 0 atom stereocenters. The van der Waals surface area contributed by atoms with Gasteiger partial charge in [0.2, 0.25) is 0 Å². The van der Waals surface area contributed by atoms with Gasteiger partial charge < -0.3 is 0 Å². The van der Waals surface area contributed by atoms with Crippen molar-refractivity contribution in [2.24, 2.45) is 0 Å². The Morgan fingerprint density at radius 1 is 0.148 bits per heavy atom. The van der Waals surface area contributed by atoms with Crippen LogP contribution in [-0.4, -0.2) is 8.41 Å². The van der Waals surface area contributed by atoms with E-state index in [0.717, 1.165) is 0 Å². The van der Waals surface area contributed by atoms with Crippen LogP contribution < -0.4 is 0 Å². The van der Waals surface area contributed by atoms with E-state index in [1.165, 1.54) is 0 Å². The predicted molar refractivity (Wildman–Crippen MR) is 165 cm³/mol. The van der Waals surface area contributed by atoms with Crippen molar-refractivity contribution in [3.63, 3.8) is 0 Å². The third-order valence-corrected chi connectivity index (χ3v) is 7.49. The van der Waals surface area contributed by atoms with Crippen LogP contribution in [0.2, 0.25) is 0 Å². The number of hydrogen-bond acceptors (Lipinski definition) is 0. The zero-order chi connectivity index (χ0) is 45.6. The molecule has 0 N–H and O–H groups in total. The first-order valence-corrected chi connectivity index (χ1v) is 14.7. The second kappa shape index (κ2) is 18.5. The Morgan fingerprint density at radius 3 is 0.344 bits per heavy atom. The molecule has 6 aromatic carbocycles. The molecule has 6 rings (SSSR count). The zero-order valence-electron chi connectivity index (χ0n) is 27.5. The minimum Gasteiger partial charge on any atom is -0.204 e. The molecular formula is C36H9BF24. The standard InChI is InChI=1S/3C12H2F8.BH3/c3*13-5-1-3(7(15)11(19)9(5)17)4-2-6(14)10(18)12(20)8(4)16;/h3*1-2H;1H3. The van der Waals surface area contributed by atoms with Crippen LogP contribution in [0.25, 0.3) is 33.4 Å². The Kier molecular flexibility index (Phi) is 14.9. The molecule has 324 valence electrons. The van der Waals surface area contributed by atoms with E-state index in [1.54, 1.807) is 0 Å². The van der Waals surface area contributed by atoms with E-state index in [1.807, 2.05) is 0 Å². The van der Waals surface area contributed by atoms with E-state index in [0.29, 0.717) is 0 Å². The Hall–Kier alpha value is -6.30. The number of halogens is 24. The van der Waals surface area contributed by atoms with Crippen molar-refractivity contribution in [3.05, 3.63) is 176 Å². The Morgan fingerprint density at radius 2 is 0.246 bits per heavy atom. The molecule has 0 saturated carbocycles. The van der Waals surface area contributed by atoms with Crippen molar-refractivity contribution in [2.75, 3.05) is 0 Å². The topological polar surface area (TPSA) is 0 Å². The minimum atomic E-state index is -2.29. The van der Waals surface area contributed by atoms with Crippen LogP contribution in [0.5, 0.6) is 0 Å². The second-order valence-corrected chi connectivity index (χ2v) is 11.1. The smallest absolute Gasteiger partial charge is 0.198 e. The van der Waals surface area contributed by atoms with Crippen LogP contribution in [0.15, 0.2) is 36.4 Å². The molecule has 6 aromatic rings. The molecule has 0 aromatic heterocycles. The summed E-state index contributed by atoms with van der Waals surface area (Å²) in [4.78, 5) is 0. The molecule has 0 fully saturated rings. The largest absolute Gasteiger partial charge is 0.204 e. The van der Waals surface area contributed by atoms with Crippen LogP contribution in [0.1, 0.15) is 0 Å². The lowest BCUT2D eigenvalue weighted by atomic mass is 10.0. The van der Waals surface area contributed by atoms with Crippen molar-refractivity contribution in [1.82, 2.24) is 0 Å². The maximum Gasteiger partial charge on any atom is 0.198 e. The van der Waals surface area contributed by atoms with Crippen LogP contribution in [0.3, 0.4) is 0 Å². The molecule has 0 aliphatic carbocycles. The molecular weight excluding hydrogens is 899 g/mol. The molecule has 25 heteroatoms. The van der Waals surface area contributed by atoms with Crippen molar-refractivity contribution >= 4 is 8.41 Å². The summed E-state index contributed by atoms with van der Waals surface area (Å²) < 4.78 is 312. The van der Waals surface area contributed by atoms with Gasteiger partial charge in [-0.1, -0.05) is 0 Å². The SMILES string of the molecule is B.Fc1cc(-c2cc(F)c(F)c(F)c2F)c(F)c(F)c1F.Fc1cc(-c2cc(F)c(F)c(F)c2F)c(F)c(F)c1F.Fc1cc(-c2cc(F)c(F)c(F)c2F)c(F)c(F)c1F. The van der Waals surface area contributed by atoms with Gasteiger partial charge in [-0.3, -0.25) is 0 Å². The third-order valence-electron chi connectivity index (χ3n) is 7.49. The van der Waals surface area contributed by atoms with Gasteiger partial charge >= 0.3 is 0 Å². The summed E-state index contributed by atoms with van der Waals surface area (Å²) >= 11 is 0. The van der Waals surface area contributed by atoms with Gasteiger partial charge in [0.1, 0.15) is 0 Å². The maximum absolute atomic E-state index is 13.4. The lowest BCUT2D eigenvalue weighted by Gasteiger charge is -2.09. The maximum atomic E-state index is 13.4. The van der Waals surface area contributed by atoms with Crippen molar-refractivity contribution in [1.29, 1.82) is 0 Å². The van der Waals surface area contributed by atoms with E-state index < -0.39 is 173 Å². The van der Waals surface area contributed by atoms with Gasteiger partial charge in [-0.25, -0.2) is 105 Å². The van der Waals surface area contributed by atoms with Gasteiger partial charge in [0.05, 0.1) is 8.41 Å². The first-order chi connectivity index (χ1) is 27.8. The summed E-state index contributed by atoms with van der Waals surface area (Å²) in [7, 11) is 0. The van der Waals surface area contributed by atoms with Gasteiger partial charge in [-0.15, -0.1) is 0 Å². The molecule has 0 amide bonds. The highest BCUT2D eigenvalue weighted by Crippen LogP contribution is 2.35. The normalized spacial score (nSPS) is 10.8. The average Bonchev–Trinajstić information content (AvgIpc) is 3.22. The highest BCUT2D eigenvalue weighted by Gasteiger charge is 2.29. The van der Waals surface area contributed by atoms with Gasteiger partial charge in [-0.05, 0) is 36.4 Å². The zero-order valence-corrected chi connectivity index (χ0v) is 27.5. The number of hydrogen-bond donors (Lipinski definition) is 0. The first kappa shape index (κ1) is 49.1. The summed E-state index contributed by atoms with van der Waals surface area (Å²) in [6, 6.07) is 0.0175. The molecule has 0 bridgehead atoms. The molecule has 0 unspecified atom stereocenters. The molecule has 0 nitrogen and oxygen atoms in total. The molecule has 0 aliphatic rings. The summed E-state index contributed by atoms with van der Waals surface area (Å²) in [5, 5.41) is 0. The molecule has 0 saturated heterocycles. The van der Waals surface area contributed by atoms with Crippen LogP contribution in [-0.2, 0) is 0 Å². The first-order valence-electron chi connectivity index (χ1n) is 14.7. The van der Waals surface area contributed by atoms with E-state index in [4.69, 9.17) is 0 Å². The quantitative estimate of drug-likeness (QED) is 0.0718. The fourth-order valence-corrected chi connectivity index (χ4v) is 4.61. The fourth-order valence-electron chi connectivity index (χ4n) is 4.61. The van der Waals surface area contributed by atoms with Crippen molar-refractivity contribution < 1.29 is 105 Å². The lowest BCUT2D eigenvalue weighted by Crippen LogP contribution is -2.03. The summed E-state index contributed by atoms with van der Waals surface area (Å²) in [5.74, 6) is -50.5. The number of benzene rings is 6. The van der Waals surface area contributed by atoms with Gasteiger partial charge in [0.25, 0.3) is 0 Å². The molecule has 0 spiro atoms. The van der Waals surface area contributed by atoms with E-state index in [2.05, 4.69) is 0 Å². The highest BCUT2D eigenvalue weighted by molar-refractivity contribution is 5.75. The molecule has 0 aliphatic heterocycles. The monoisotopic (exact) mass is 908 g/mol. The van der Waals surface area contributed by atoms with E-state index >= 15 is 0 Å².